The van der Waals surface area contributed by atoms with Crippen molar-refractivity contribution in [3.63, 3.8) is 0 Å². The fourth-order valence-electron chi connectivity index (χ4n) is 1.12. The minimum Gasteiger partial charge on any atom is -0.390 e. The van der Waals surface area contributed by atoms with Crippen molar-refractivity contribution in [3.8, 4) is 0 Å². The van der Waals surface area contributed by atoms with Crippen molar-refractivity contribution in [3.05, 3.63) is 35.4 Å². The number of halogens is 1. The Labute approximate surface area is 71.9 Å². The van der Waals surface area contributed by atoms with Crippen molar-refractivity contribution in [2.24, 2.45) is 0 Å². The largest absolute Gasteiger partial charge is 0.390 e. The Morgan fingerprint density at radius 2 is 2.08 bits per heavy atom. The quantitative estimate of drug-likeness (QED) is 0.718. The van der Waals surface area contributed by atoms with E-state index in [1.54, 1.807) is 18.2 Å². The third-order valence-electron chi connectivity index (χ3n) is 1.78. The molecule has 0 saturated heterocycles. The van der Waals surface area contributed by atoms with Crippen molar-refractivity contribution in [2.45, 2.75) is 26.1 Å². The van der Waals surface area contributed by atoms with Gasteiger partial charge in [0.1, 0.15) is 0 Å². The van der Waals surface area contributed by atoms with E-state index >= 15 is 0 Å². The van der Waals surface area contributed by atoms with Gasteiger partial charge in [-0.25, -0.2) is 4.39 Å². The maximum Gasteiger partial charge on any atom is 0.151 e. The summed E-state index contributed by atoms with van der Waals surface area (Å²) in [6.07, 6.45) is -2.21. The molecule has 12 heavy (non-hydrogen) atoms. The van der Waals surface area contributed by atoms with Gasteiger partial charge in [-0.05, 0) is 19.4 Å². The van der Waals surface area contributed by atoms with Crippen molar-refractivity contribution in [2.75, 3.05) is 0 Å². The van der Waals surface area contributed by atoms with Crippen molar-refractivity contribution < 1.29 is 9.50 Å². The zero-order chi connectivity index (χ0) is 9.14. The Balaban J connectivity index is 2.88. The highest BCUT2D eigenvalue weighted by molar-refractivity contribution is 5.24. The van der Waals surface area contributed by atoms with Crippen LogP contribution in [-0.2, 0) is 0 Å². The van der Waals surface area contributed by atoms with Gasteiger partial charge in [-0.2, -0.15) is 0 Å². The van der Waals surface area contributed by atoms with Crippen LogP contribution in [0.3, 0.4) is 0 Å². The minimum absolute atomic E-state index is 0.546. The number of benzene rings is 1. The smallest absolute Gasteiger partial charge is 0.151 e. The summed E-state index contributed by atoms with van der Waals surface area (Å²) in [5, 5.41) is 8.99. The molecule has 2 heteroatoms. The van der Waals surface area contributed by atoms with Crippen LogP contribution in [0.1, 0.15) is 24.2 Å². The number of rotatable bonds is 2. The van der Waals surface area contributed by atoms with Crippen LogP contribution in [0.15, 0.2) is 24.3 Å². The lowest BCUT2D eigenvalue weighted by atomic mass is 10.0. The maximum absolute atomic E-state index is 13.2. The van der Waals surface area contributed by atoms with Crippen LogP contribution in [-0.4, -0.2) is 11.2 Å². The molecule has 1 aromatic carbocycles. The van der Waals surface area contributed by atoms with Gasteiger partial charge in [0, 0.05) is 0 Å². The molecule has 0 fully saturated rings. The summed E-state index contributed by atoms with van der Waals surface area (Å²) in [6.45, 7) is 3.35. The van der Waals surface area contributed by atoms with Gasteiger partial charge >= 0.3 is 0 Å². The molecule has 2 unspecified atom stereocenters. The van der Waals surface area contributed by atoms with E-state index in [0.29, 0.717) is 5.56 Å². The number of alkyl halides is 1. The molecule has 0 aromatic heterocycles. The fraction of sp³-hybridized carbons (Fsp3) is 0.400. The van der Waals surface area contributed by atoms with Crippen LogP contribution < -0.4 is 0 Å². The second-order valence-electron chi connectivity index (χ2n) is 3.06. The van der Waals surface area contributed by atoms with E-state index in [4.69, 9.17) is 5.11 Å². The van der Waals surface area contributed by atoms with Gasteiger partial charge in [0.2, 0.25) is 0 Å². The summed E-state index contributed by atoms with van der Waals surface area (Å²) in [4.78, 5) is 0. The summed E-state index contributed by atoms with van der Waals surface area (Å²) in [5.41, 5.74) is 1.56. The predicted octanol–water partition coefficient (Wildman–Crippen LogP) is 2.39. The standard InChI is InChI=1S/C10H13FO/c1-7-4-3-5-9(6-7)10(11)8(2)12/h3-6,8,10,12H,1-2H3. The van der Waals surface area contributed by atoms with Gasteiger partial charge in [-0.15, -0.1) is 0 Å². The molecular formula is C10H13FO. The van der Waals surface area contributed by atoms with E-state index in [1.165, 1.54) is 6.92 Å². The average Bonchev–Trinajstić information content (AvgIpc) is 2.03. The first kappa shape index (κ1) is 9.20. The number of hydrogen-bond donors (Lipinski definition) is 1. The highest BCUT2D eigenvalue weighted by atomic mass is 19.1. The Bertz CT molecular complexity index is 258. The van der Waals surface area contributed by atoms with Gasteiger partial charge in [0.25, 0.3) is 0 Å². The van der Waals surface area contributed by atoms with Crippen LogP contribution >= 0.6 is 0 Å². The predicted molar refractivity (Wildman–Crippen MR) is 46.7 cm³/mol. The molecule has 1 aromatic rings. The first-order valence-corrected chi connectivity index (χ1v) is 4.00. The van der Waals surface area contributed by atoms with Crippen LogP contribution in [0.25, 0.3) is 0 Å². The molecular weight excluding hydrogens is 155 g/mol. The molecule has 0 bridgehead atoms. The zero-order valence-corrected chi connectivity index (χ0v) is 7.29. The monoisotopic (exact) mass is 168 g/mol. The highest BCUT2D eigenvalue weighted by Crippen LogP contribution is 2.21. The lowest BCUT2D eigenvalue weighted by Crippen LogP contribution is -2.09. The number of aliphatic hydroxyl groups excluding tert-OH is 1. The summed E-state index contributed by atoms with van der Waals surface area (Å²) < 4.78 is 13.2. The number of hydrogen-bond acceptors (Lipinski definition) is 1. The molecule has 0 aliphatic heterocycles. The molecule has 0 amide bonds. The van der Waals surface area contributed by atoms with E-state index in [-0.39, 0.29) is 0 Å². The molecule has 0 aliphatic carbocycles. The van der Waals surface area contributed by atoms with E-state index < -0.39 is 12.3 Å². The van der Waals surface area contributed by atoms with E-state index in [1.807, 2.05) is 13.0 Å². The van der Waals surface area contributed by atoms with Crippen LogP contribution in [0, 0.1) is 6.92 Å². The first-order valence-electron chi connectivity index (χ1n) is 4.00. The fourth-order valence-corrected chi connectivity index (χ4v) is 1.12. The van der Waals surface area contributed by atoms with E-state index in [2.05, 4.69) is 0 Å². The molecule has 1 rings (SSSR count). The van der Waals surface area contributed by atoms with Crippen molar-refractivity contribution >= 4 is 0 Å². The molecule has 66 valence electrons. The van der Waals surface area contributed by atoms with Crippen LogP contribution in [0.4, 0.5) is 4.39 Å². The molecule has 1 nitrogen and oxygen atoms in total. The molecule has 2 atom stereocenters. The van der Waals surface area contributed by atoms with Crippen molar-refractivity contribution in [1.82, 2.24) is 0 Å². The second kappa shape index (κ2) is 3.68. The van der Waals surface area contributed by atoms with Gasteiger partial charge in [0.15, 0.2) is 6.17 Å². The Morgan fingerprint density at radius 3 is 2.58 bits per heavy atom. The van der Waals surface area contributed by atoms with E-state index in [0.717, 1.165) is 5.56 Å². The molecule has 0 aliphatic rings. The van der Waals surface area contributed by atoms with Crippen LogP contribution in [0.5, 0.6) is 0 Å². The Kier molecular flexibility index (Phi) is 2.82. The molecule has 1 N–H and O–H groups in total. The number of aryl methyl sites for hydroxylation is 1. The summed E-state index contributed by atoms with van der Waals surface area (Å²) in [6, 6.07) is 7.12. The van der Waals surface area contributed by atoms with Crippen LogP contribution in [0.2, 0.25) is 0 Å². The van der Waals surface area contributed by atoms with Gasteiger partial charge in [0.05, 0.1) is 6.10 Å². The average molecular weight is 168 g/mol. The zero-order valence-electron chi connectivity index (χ0n) is 7.29. The summed E-state index contributed by atoms with van der Waals surface area (Å²) in [5.74, 6) is 0. The molecule has 0 spiro atoms. The molecule has 0 radical (unpaired) electrons. The summed E-state index contributed by atoms with van der Waals surface area (Å²) in [7, 11) is 0. The minimum atomic E-state index is -1.27. The maximum atomic E-state index is 13.2. The summed E-state index contributed by atoms with van der Waals surface area (Å²) >= 11 is 0. The van der Waals surface area contributed by atoms with Gasteiger partial charge < -0.3 is 5.11 Å². The third kappa shape index (κ3) is 2.05. The lowest BCUT2D eigenvalue weighted by molar-refractivity contribution is 0.0933. The van der Waals surface area contributed by atoms with Gasteiger partial charge in [-0.1, -0.05) is 29.8 Å². The first-order chi connectivity index (χ1) is 5.61. The SMILES string of the molecule is Cc1cccc(C(F)C(C)O)c1. The second-order valence-corrected chi connectivity index (χ2v) is 3.06. The third-order valence-corrected chi connectivity index (χ3v) is 1.78. The van der Waals surface area contributed by atoms with Crippen molar-refractivity contribution in [1.29, 1.82) is 0 Å². The van der Waals surface area contributed by atoms with Gasteiger partial charge in [-0.3, -0.25) is 0 Å². The van der Waals surface area contributed by atoms with E-state index in [9.17, 15) is 4.39 Å². The normalized spacial score (nSPS) is 15.7. The Morgan fingerprint density at radius 1 is 1.42 bits per heavy atom. The number of aliphatic hydroxyl groups is 1. The Hall–Kier alpha value is -0.890. The molecule has 0 saturated carbocycles. The molecule has 0 heterocycles. The topological polar surface area (TPSA) is 20.2 Å². The highest BCUT2D eigenvalue weighted by Gasteiger charge is 2.15. The lowest BCUT2D eigenvalue weighted by Gasteiger charge is -2.11.